The fourth-order valence-corrected chi connectivity index (χ4v) is 1.70. The number of hydrogen-bond donors (Lipinski definition) is 2. The third-order valence-electron chi connectivity index (χ3n) is 2.54. The van der Waals surface area contributed by atoms with Gasteiger partial charge in [-0.15, -0.1) is 0 Å². The van der Waals surface area contributed by atoms with Gasteiger partial charge in [0, 0.05) is 7.05 Å². The molecule has 0 atom stereocenters. The van der Waals surface area contributed by atoms with E-state index in [4.69, 9.17) is 0 Å². The summed E-state index contributed by atoms with van der Waals surface area (Å²) in [6.07, 6.45) is 0. The first kappa shape index (κ1) is 12.7. The number of carbonyl (C=O) groups excluding carboxylic acids is 2. The fourth-order valence-electron chi connectivity index (χ4n) is 1.70. The number of amides is 2. The highest BCUT2D eigenvalue weighted by Gasteiger charge is 2.25. The highest BCUT2D eigenvalue weighted by molar-refractivity contribution is 6.02. The van der Waals surface area contributed by atoms with E-state index in [0.29, 0.717) is 5.82 Å². The number of pyridine rings is 1. The van der Waals surface area contributed by atoms with Crippen LogP contribution in [0.25, 0.3) is 0 Å². The Morgan fingerprint density at radius 3 is 2.53 bits per heavy atom. The van der Waals surface area contributed by atoms with Crippen LogP contribution < -0.4 is 15.5 Å². The second-order valence-corrected chi connectivity index (χ2v) is 3.90. The Hall–Kier alpha value is -2.71. The molecule has 1 aromatic heterocycles. The molecular formula is C10H11N5O4. The molecule has 0 spiro atoms. The summed E-state index contributed by atoms with van der Waals surface area (Å²) < 4.78 is 0. The fraction of sp³-hybridized carbons (Fsp3) is 0.300. The first-order valence-electron chi connectivity index (χ1n) is 5.41. The molecule has 2 N–H and O–H groups in total. The Morgan fingerprint density at radius 2 is 2.00 bits per heavy atom. The number of hydrogen-bond acceptors (Lipinski definition) is 7. The van der Waals surface area contributed by atoms with E-state index in [9.17, 15) is 19.7 Å². The first-order valence-corrected chi connectivity index (χ1v) is 5.41. The number of imide groups is 1. The third-order valence-corrected chi connectivity index (χ3v) is 2.54. The molecule has 0 unspecified atom stereocenters. The maximum Gasteiger partial charge on any atom is 0.276 e. The van der Waals surface area contributed by atoms with E-state index in [0.717, 1.165) is 0 Å². The molecule has 0 radical (unpaired) electrons. The van der Waals surface area contributed by atoms with Crippen molar-refractivity contribution in [2.24, 2.45) is 0 Å². The zero-order valence-corrected chi connectivity index (χ0v) is 10.0. The number of nitrogens with one attached hydrogen (secondary N) is 2. The highest BCUT2D eigenvalue weighted by atomic mass is 16.6. The molecule has 2 heterocycles. The van der Waals surface area contributed by atoms with E-state index in [1.54, 1.807) is 7.05 Å². The van der Waals surface area contributed by atoms with Gasteiger partial charge in [-0.25, -0.2) is 4.98 Å². The van der Waals surface area contributed by atoms with Crippen LogP contribution in [0.15, 0.2) is 12.1 Å². The molecule has 1 fully saturated rings. The van der Waals surface area contributed by atoms with Crippen LogP contribution >= 0.6 is 0 Å². The maximum atomic E-state index is 11.3. The van der Waals surface area contributed by atoms with E-state index in [2.05, 4.69) is 15.6 Å². The molecule has 1 aliphatic heterocycles. The Balaban J connectivity index is 2.37. The van der Waals surface area contributed by atoms with Crippen molar-refractivity contribution in [1.82, 2.24) is 10.3 Å². The molecule has 1 aliphatic rings. The van der Waals surface area contributed by atoms with Gasteiger partial charge < -0.3 is 10.2 Å². The smallest absolute Gasteiger partial charge is 0.276 e. The number of carbonyl (C=O) groups is 2. The van der Waals surface area contributed by atoms with Gasteiger partial charge in [0.25, 0.3) is 5.69 Å². The van der Waals surface area contributed by atoms with Gasteiger partial charge in [0.15, 0.2) is 0 Å². The summed E-state index contributed by atoms with van der Waals surface area (Å²) in [6.45, 7) is -0.133. The number of nitro groups is 1. The summed E-state index contributed by atoms with van der Waals surface area (Å²) in [5.41, 5.74) is -0.159. The molecule has 0 aliphatic carbocycles. The van der Waals surface area contributed by atoms with Crippen molar-refractivity contribution in [2.75, 3.05) is 30.4 Å². The molecule has 1 aromatic rings. The Morgan fingerprint density at radius 1 is 1.37 bits per heavy atom. The molecular weight excluding hydrogens is 254 g/mol. The van der Waals surface area contributed by atoms with Gasteiger partial charge in [0.2, 0.25) is 11.8 Å². The number of nitrogens with zero attached hydrogens (tertiary/aromatic N) is 3. The number of piperazine rings is 1. The van der Waals surface area contributed by atoms with Crippen molar-refractivity contribution >= 4 is 29.1 Å². The monoisotopic (exact) mass is 265 g/mol. The van der Waals surface area contributed by atoms with E-state index in [1.807, 2.05) is 0 Å². The number of aromatic nitrogens is 1. The minimum absolute atomic E-state index is 0.0664. The van der Waals surface area contributed by atoms with Crippen molar-refractivity contribution in [3.63, 3.8) is 0 Å². The maximum absolute atomic E-state index is 11.3. The largest absolute Gasteiger partial charge is 0.373 e. The normalized spacial score (nSPS) is 15.1. The Kier molecular flexibility index (Phi) is 3.27. The summed E-state index contributed by atoms with van der Waals surface area (Å²) in [5, 5.41) is 15.7. The van der Waals surface area contributed by atoms with Crippen LogP contribution in [0.5, 0.6) is 0 Å². The lowest BCUT2D eigenvalue weighted by atomic mass is 10.3. The lowest BCUT2D eigenvalue weighted by Gasteiger charge is -2.26. The molecule has 9 nitrogen and oxygen atoms in total. The third kappa shape index (κ3) is 2.76. The number of rotatable bonds is 3. The minimum atomic E-state index is -0.558. The molecule has 0 saturated carbocycles. The van der Waals surface area contributed by atoms with Crippen LogP contribution in [0, 0.1) is 10.1 Å². The topological polar surface area (TPSA) is 117 Å². The SMILES string of the molecule is CNc1cc([N+](=O)[O-])cc(N2CC(=O)NC(=O)C2)n1. The van der Waals surface area contributed by atoms with Crippen LogP contribution in [-0.4, -0.2) is 41.9 Å². The van der Waals surface area contributed by atoms with Crippen LogP contribution in [0.3, 0.4) is 0 Å². The summed E-state index contributed by atoms with van der Waals surface area (Å²) in [7, 11) is 1.57. The van der Waals surface area contributed by atoms with Gasteiger partial charge in [0.1, 0.15) is 11.6 Å². The number of anilines is 2. The van der Waals surface area contributed by atoms with E-state index in [1.165, 1.54) is 17.0 Å². The zero-order valence-electron chi connectivity index (χ0n) is 10.0. The van der Waals surface area contributed by atoms with Gasteiger partial charge in [-0.1, -0.05) is 0 Å². The zero-order chi connectivity index (χ0) is 14.0. The van der Waals surface area contributed by atoms with Crippen LogP contribution in [0.2, 0.25) is 0 Å². The molecule has 100 valence electrons. The standard InChI is InChI=1S/C10H11N5O4/c1-11-7-2-6(15(18)19)3-8(12-7)14-4-9(16)13-10(17)5-14/h2-3H,4-5H2,1H3,(H,11,12)(H,13,16,17). The van der Waals surface area contributed by atoms with Crippen molar-refractivity contribution in [1.29, 1.82) is 0 Å². The molecule has 1 saturated heterocycles. The predicted octanol–water partition coefficient (Wildman–Crippen LogP) is -0.506. The molecule has 2 amide bonds. The Bertz CT molecular complexity index is 543. The van der Waals surface area contributed by atoms with Gasteiger partial charge in [-0.3, -0.25) is 25.0 Å². The molecule has 0 bridgehead atoms. The van der Waals surface area contributed by atoms with Crippen molar-refractivity contribution < 1.29 is 14.5 Å². The van der Waals surface area contributed by atoms with Crippen LogP contribution in [-0.2, 0) is 9.59 Å². The van der Waals surface area contributed by atoms with Crippen molar-refractivity contribution in [3.8, 4) is 0 Å². The van der Waals surface area contributed by atoms with E-state index < -0.39 is 16.7 Å². The average molecular weight is 265 g/mol. The lowest BCUT2D eigenvalue weighted by Crippen LogP contribution is -2.51. The molecule has 2 rings (SSSR count). The van der Waals surface area contributed by atoms with E-state index in [-0.39, 0.29) is 24.6 Å². The highest BCUT2D eigenvalue weighted by Crippen LogP contribution is 2.23. The second kappa shape index (κ2) is 4.88. The van der Waals surface area contributed by atoms with Gasteiger partial charge >= 0.3 is 0 Å². The van der Waals surface area contributed by atoms with Crippen LogP contribution in [0.1, 0.15) is 0 Å². The minimum Gasteiger partial charge on any atom is -0.373 e. The van der Waals surface area contributed by atoms with Crippen molar-refractivity contribution in [2.45, 2.75) is 0 Å². The Labute approximate surface area is 107 Å². The first-order chi connectivity index (χ1) is 8.99. The molecule has 0 aromatic carbocycles. The summed E-state index contributed by atoms with van der Waals surface area (Å²) in [6, 6.07) is 2.50. The summed E-state index contributed by atoms with van der Waals surface area (Å²) in [4.78, 5) is 38.3. The summed E-state index contributed by atoms with van der Waals surface area (Å²) >= 11 is 0. The lowest BCUT2D eigenvalue weighted by molar-refractivity contribution is -0.384. The van der Waals surface area contributed by atoms with Gasteiger partial charge in [0.05, 0.1) is 30.1 Å². The van der Waals surface area contributed by atoms with Crippen molar-refractivity contribution in [3.05, 3.63) is 22.2 Å². The van der Waals surface area contributed by atoms with Gasteiger partial charge in [-0.2, -0.15) is 0 Å². The van der Waals surface area contributed by atoms with Crippen LogP contribution in [0.4, 0.5) is 17.3 Å². The molecule has 9 heteroatoms. The average Bonchev–Trinajstić information content (AvgIpc) is 2.37. The van der Waals surface area contributed by atoms with Gasteiger partial charge in [-0.05, 0) is 0 Å². The predicted molar refractivity (Wildman–Crippen MR) is 65.8 cm³/mol. The quantitative estimate of drug-likeness (QED) is 0.429. The summed E-state index contributed by atoms with van der Waals surface area (Å²) in [5.74, 6) is -0.421. The van der Waals surface area contributed by atoms with E-state index >= 15 is 0 Å². The molecule has 19 heavy (non-hydrogen) atoms. The second-order valence-electron chi connectivity index (χ2n) is 3.90.